The number of amides is 1. The lowest BCUT2D eigenvalue weighted by Crippen LogP contribution is -2.16. The van der Waals surface area contributed by atoms with Gasteiger partial charge in [-0.05, 0) is 25.0 Å². The predicted octanol–water partition coefficient (Wildman–Crippen LogP) is 5.66. The minimum atomic E-state index is -0.486. The summed E-state index contributed by atoms with van der Waals surface area (Å²) in [5.41, 5.74) is 4.14. The molecule has 7 nitrogen and oxygen atoms in total. The van der Waals surface area contributed by atoms with Gasteiger partial charge < -0.3 is 14.6 Å². The van der Waals surface area contributed by atoms with Crippen LogP contribution in [0.3, 0.4) is 0 Å². The quantitative estimate of drug-likeness (QED) is 0.242. The number of ether oxygens (including phenoxy) is 1. The first kappa shape index (κ1) is 24.2. The average molecular weight is 513 g/mol. The molecule has 0 fully saturated rings. The fourth-order valence-corrected chi connectivity index (χ4v) is 5.87. The lowest BCUT2D eigenvalue weighted by Gasteiger charge is -2.08. The van der Waals surface area contributed by atoms with Gasteiger partial charge >= 0.3 is 5.97 Å². The Morgan fingerprint density at radius 3 is 2.56 bits per heavy atom. The van der Waals surface area contributed by atoms with E-state index in [1.807, 2.05) is 48.2 Å². The molecule has 4 rings (SSSR count). The normalized spacial score (nSPS) is 10.9. The standard InChI is InChI=1S/C24H24N4O3S3/c1-5-17-10-16(11-32-17)21-26-27-24(28(21)3)34-13-19(29)25-22-20(23(30)31-4)18(12-33-22)15-8-6-14(2)7-9-15/h6-12H,5,13H2,1-4H3,(H,25,29). The predicted molar refractivity (Wildman–Crippen MR) is 139 cm³/mol. The highest BCUT2D eigenvalue weighted by atomic mass is 32.2. The lowest BCUT2D eigenvalue weighted by molar-refractivity contribution is -0.113. The van der Waals surface area contributed by atoms with Crippen LogP contribution < -0.4 is 5.32 Å². The summed E-state index contributed by atoms with van der Waals surface area (Å²) in [5, 5.41) is 16.5. The number of thioether (sulfide) groups is 1. The first-order valence-electron chi connectivity index (χ1n) is 10.6. The first-order valence-corrected chi connectivity index (χ1v) is 13.3. The lowest BCUT2D eigenvalue weighted by atomic mass is 10.0. The number of nitrogens with one attached hydrogen (secondary N) is 1. The summed E-state index contributed by atoms with van der Waals surface area (Å²) in [6.07, 6.45) is 0.978. The highest BCUT2D eigenvalue weighted by Gasteiger charge is 2.23. The molecule has 0 radical (unpaired) electrons. The number of hydrogen-bond donors (Lipinski definition) is 1. The number of esters is 1. The van der Waals surface area contributed by atoms with Gasteiger partial charge in [-0.3, -0.25) is 4.79 Å². The van der Waals surface area contributed by atoms with E-state index in [0.717, 1.165) is 34.5 Å². The molecule has 0 saturated carbocycles. The molecule has 176 valence electrons. The first-order chi connectivity index (χ1) is 16.4. The Morgan fingerprint density at radius 2 is 1.88 bits per heavy atom. The van der Waals surface area contributed by atoms with Crippen molar-refractivity contribution in [2.45, 2.75) is 25.4 Å². The number of benzene rings is 1. The van der Waals surface area contributed by atoms with Crippen molar-refractivity contribution >= 4 is 51.3 Å². The maximum Gasteiger partial charge on any atom is 0.341 e. The molecule has 0 aliphatic rings. The molecular weight excluding hydrogens is 488 g/mol. The molecule has 3 aromatic heterocycles. The third kappa shape index (κ3) is 5.08. The van der Waals surface area contributed by atoms with Crippen LogP contribution in [0.2, 0.25) is 0 Å². The minimum absolute atomic E-state index is 0.133. The Hall–Kier alpha value is -2.95. The molecule has 1 amide bonds. The molecule has 34 heavy (non-hydrogen) atoms. The van der Waals surface area contributed by atoms with E-state index in [0.29, 0.717) is 15.7 Å². The number of anilines is 1. The molecule has 10 heteroatoms. The molecule has 0 atom stereocenters. The van der Waals surface area contributed by atoms with E-state index < -0.39 is 5.97 Å². The summed E-state index contributed by atoms with van der Waals surface area (Å²) in [4.78, 5) is 26.6. The summed E-state index contributed by atoms with van der Waals surface area (Å²) >= 11 is 4.30. The van der Waals surface area contributed by atoms with Gasteiger partial charge in [-0.1, -0.05) is 48.5 Å². The molecule has 1 aromatic carbocycles. The smallest absolute Gasteiger partial charge is 0.341 e. The van der Waals surface area contributed by atoms with E-state index in [1.165, 1.54) is 35.1 Å². The molecule has 4 aromatic rings. The zero-order chi connectivity index (χ0) is 24.2. The number of thiophene rings is 2. The van der Waals surface area contributed by atoms with Crippen LogP contribution in [0.25, 0.3) is 22.5 Å². The molecule has 0 spiro atoms. The van der Waals surface area contributed by atoms with Crippen LogP contribution in [-0.2, 0) is 23.0 Å². The van der Waals surface area contributed by atoms with Crippen LogP contribution in [-0.4, -0.2) is 39.5 Å². The van der Waals surface area contributed by atoms with E-state index in [9.17, 15) is 9.59 Å². The van der Waals surface area contributed by atoms with Gasteiger partial charge in [-0.25, -0.2) is 4.79 Å². The highest BCUT2D eigenvalue weighted by molar-refractivity contribution is 7.99. The number of carbonyl (C=O) groups excluding carboxylic acids is 2. The minimum Gasteiger partial charge on any atom is -0.465 e. The van der Waals surface area contributed by atoms with Crippen molar-refractivity contribution in [2.75, 3.05) is 18.2 Å². The van der Waals surface area contributed by atoms with E-state index in [4.69, 9.17) is 4.74 Å². The second-order valence-corrected chi connectivity index (χ2v) is 10.4. The molecule has 0 bridgehead atoms. The van der Waals surface area contributed by atoms with E-state index in [2.05, 4.69) is 33.9 Å². The van der Waals surface area contributed by atoms with Crippen molar-refractivity contribution in [3.05, 3.63) is 57.1 Å². The van der Waals surface area contributed by atoms with E-state index >= 15 is 0 Å². The molecule has 1 N–H and O–H groups in total. The Bertz CT molecular complexity index is 1320. The number of aryl methyl sites for hydroxylation is 2. The van der Waals surface area contributed by atoms with Crippen molar-refractivity contribution in [2.24, 2.45) is 7.05 Å². The van der Waals surface area contributed by atoms with Gasteiger partial charge in [0.15, 0.2) is 11.0 Å². The Labute approximate surface area is 210 Å². The second-order valence-electron chi connectivity index (χ2n) is 7.57. The maximum absolute atomic E-state index is 12.7. The Morgan fingerprint density at radius 1 is 1.12 bits per heavy atom. The van der Waals surface area contributed by atoms with Crippen molar-refractivity contribution in [3.63, 3.8) is 0 Å². The monoisotopic (exact) mass is 512 g/mol. The summed E-state index contributed by atoms with van der Waals surface area (Å²) in [6.45, 7) is 4.12. The maximum atomic E-state index is 12.7. The molecule has 0 unspecified atom stereocenters. The van der Waals surface area contributed by atoms with Gasteiger partial charge in [-0.2, -0.15) is 0 Å². The van der Waals surface area contributed by atoms with Crippen molar-refractivity contribution in [1.29, 1.82) is 0 Å². The number of hydrogen-bond acceptors (Lipinski definition) is 8. The summed E-state index contributed by atoms with van der Waals surface area (Å²) < 4.78 is 6.88. The molecular formula is C24H24N4O3S3. The summed E-state index contributed by atoms with van der Waals surface area (Å²) in [7, 11) is 3.23. The number of carbonyl (C=O) groups is 2. The fourth-order valence-electron chi connectivity index (χ4n) is 3.37. The summed E-state index contributed by atoms with van der Waals surface area (Å²) in [6, 6.07) is 9.99. The van der Waals surface area contributed by atoms with Crippen LogP contribution in [0.4, 0.5) is 5.00 Å². The van der Waals surface area contributed by atoms with Gasteiger partial charge in [-0.15, -0.1) is 32.9 Å². The van der Waals surface area contributed by atoms with Crippen molar-refractivity contribution in [1.82, 2.24) is 14.8 Å². The van der Waals surface area contributed by atoms with Crippen molar-refractivity contribution < 1.29 is 14.3 Å². The molecule has 0 aliphatic carbocycles. The van der Waals surface area contributed by atoms with Crippen LogP contribution >= 0.6 is 34.4 Å². The van der Waals surface area contributed by atoms with Crippen LogP contribution in [0, 0.1) is 6.92 Å². The Balaban J connectivity index is 1.47. The third-order valence-corrected chi connectivity index (χ3v) is 8.22. The largest absolute Gasteiger partial charge is 0.465 e. The highest BCUT2D eigenvalue weighted by Crippen LogP contribution is 2.36. The van der Waals surface area contributed by atoms with Gasteiger partial charge in [0.05, 0.1) is 12.9 Å². The van der Waals surface area contributed by atoms with Gasteiger partial charge in [0.25, 0.3) is 0 Å². The van der Waals surface area contributed by atoms with Crippen molar-refractivity contribution in [3.8, 4) is 22.5 Å². The number of aromatic nitrogens is 3. The molecule has 3 heterocycles. The zero-order valence-corrected chi connectivity index (χ0v) is 21.7. The number of nitrogens with zero attached hydrogens (tertiary/aromatic N) is 3. The fraction of sp³-hybridized carbons (Fsp3) is 0.250. The van der Waals surface area contributed by atoms with Gasteiger partial charge in [0.1, 0.15) is 10.6 Å². The second kappa shape index (κ2) is 10.5. The van der Waals surface area contributed by atoms with E-state index in [-0.39, 0.29) is 11.7 Å². The number of rotatable bonds is 8. The SMILES string of the molecule is CCc1cc(-c2nnc(SCC(=O)Nc3scc(-c4ccc(C)cc4)c3C(=O)OC)n2C)cs1. The van der Waals surface area contributed by atoms with Gasteiger partial charge in [0.2, 0.25) is 5.91 Å². The zero-order valence-electron chi connectivity index (χ0n) is 19.2. The van der Waals surface area contributed by atoms with Crippen LogP contribution in [0.5, 0.6) is 0 Å². The van der Waals surface area contributed by atoms with Crippen LogP contribution in [0.15, 0.2) is 46.2 Å². The summed E-state index contributed by atoms with van der Waals surface area (Å²) in [5.74, 6) is 0.183. The van der Waals surface area contributed by atoms with E-state index in [1.54, 1.807) is 11.3 Å². The molecule has 0 aliphatic heterocycles. The average Bonchev–Trinajstić information content (AvgIpc) is 3.56. The number of methoxy groups -OCH3 is 1. The Kier molecular flexibility index (Phi) is 7.50. The molecule has 0 saturated heterocycles. The van der Waals surface area contributed by atoms with Gasteiger partial charge in [0, 0.05) is 33.8 Å². The van der Waals surface area contributed by atoms with Crippen LogP contribution in [0.1, 0.15) is 27.7 Å². The topological polar surface area (TPSA) is 86.1 Å². The third-order valence-electron chi connectivity index (χ3n) is 5.22.